The average molecular weight is 291 g/mol. The summed E-state index contributed by atoms with van der Waals surface area (Å²) in [7, 11) is 0. The first-order valence-corrected chi connectivity index (χ1v) is 7.68. The van der Waals surface area contributed by atoms with E-state index in [1.165, 1.54) is 44.7 Å². The van der Waals surface area contributed by atoms with Gasteiger partial charge in [-0.05, 0) is 31.5 Å². The van der Waals surface area contributed by atoms with Gasteiger partial charge in [-0.15, -0.1) is 0 Å². The lowest BCUT2D eigenvalue weighted by atomic mass is 10.1. The number of hydrogen-bond donors (Lipinski definition) is 2. The molecule has 0 saturated heterocycles. The number of Topliss-reactive ketones (excluding diaryl/α,β-unsaturated/α-hetero) is 1. The molecule has 0 spiro atoms. The fraction of sp³-hybridized carbons (Fsp3) is 0.529. The molecule has 0 aliphatic rings. The molecule has 2 N–H and O–H groups in total. The Morgan fingerprint density at radius 1 is 1.10 bits per heavy atom. The Bertz CT molecular complexity index is 483. The molecule has 0 fully saturated rings. The first kappa shape index (κ1) is 17.2. The van der Waals surface area contributed by atoms with Gasteiger partial charge < -0.3 is 10.4 Å². The molecule has 0 aromatic heterocycles. The fourth-order valence-corrected chi connectivity index (χ4v) is 2.19. The maximum absolute atomic E-state index is 11.8. The van der Waals surface area contributed by atoms with Gasteiger partial charge in [0.1, 0.15) is 5.75 Å². The Balaban J connectivity index is 2.38. The van der Waals surface area contributed by atoms with Crippen molar-refractivity contribution in [1.82, 2.24) is 0 Å². The molecule has 116 valence electrons. The third kappa shape index (κ3) is 6.43. The lowest BCUT2D eigenvalue weighted by Gasteiger charge is -2.08. The Labute approximate surface area is 126 Å². The number of rotatable bonds is 9. The molecule has 0 atom stereocenters. The van der Waals surface area contributed by atoms with Gasteiger partial charge >= 0.3 is 0 Å². The smallest absolute Gasteiger partial charge is 0.224 e. The van der Waals surface area contributed by atoms with Gasteiger partial charge in [0.2, 0.25) is 5.91 Å². The summed E-state index contributed by atoms with van der Waals surface area (Å²) >= 11 is 0. The van der Waals surface area contributed by atoms with Gasteiger partial charge in [-0.1, -0.05) is 39.0 Å². The van der Waals surface area contributed by atoms with E-state index in [4.69, 9.17) is 0 Å². The number of hydrogen-bond acceptors (Lipinski definition) is 3. The summed E-state index contributed by atoms with van der Waals surface area (Å²) in [6, 6.07) is 4.54. The molecular formula is C17H25NO3. The van der Waals surface area contributed by atoms with Crippen LogP contribution in [0.15, 0.2) is 18.2 Å². The van der Waals surface area contributed by atoms with Crippen molar-refractivity contribution in [2.24, 2.45) is 0 Å². The molecule has 4 nitrogen and oxygen atoms in total. The van der Waals surface area contributed by atoms with Crippen LogP contribution in [0.4, 0.5) is 5.69 Å². The number of amides is 1. The Kier molecular flexibility index (Phi) is 7.51. The van der Waals surface area contributed by atoms with Gasteiger partial charge in [-0.2, -0.15) is 0 Å². The number of carbonyl (C=O) groups excluding carboxylic acids is 2. The van der Waals surface area contributed by atoms with Crippen molar-refractivity contribution in [1.29, 1.82) is 0 Å². The highest BCUT2D eigenvalue weighted by atomic mass is 16.3. The number of anilines is 1. The highest BCUT2D eigenvalue weighted by Gasteiger charge is 2.09. The molecule has 1 amide bonds. The quantitative estimate of drug-likeness (QED) is 0.405. The van der Waals surface area contributed by atoms with Gasteiger partial charge in [0.25, 0.3) is 0 Å². The van der Waals surface area contributed by atoms with Crippen molar-refractivity contribution in [2.45, 2.75) is 58.8 Å². The van der Waals surface area contributed by atoms with Gasteiger partial charge in [-0.25, -0.2) is 0 Å². The lowest BCUT2D eigenvalue weighted by Crippen LogP contribution is -2.11. The second kappa shape index (κ2) is 9.16. The topological polar surface area (TPSA) is 66.4 Å². The third-order valence-electron chi connectivity index (χ3n) is 3.42. The van der Waals surface area contributed by atoms with E-state index in [1.807, 2.05) is 0 Å². The predicted molar refractivity (Wildman–Crippen MR) is 84.7 cm³/mol. The first-order valence-electron chi connectivity index (χ1n) is 7.68. The van der Waals surface area contributed by atoms with Gasteiger partial charge in [0, 0.05) is 12.1 Å². The first-order chi connectivity index (χ1) is 10.0. The predicted octanol–water partition coefficient (Wildman–Crippen LogP) is 4.28. The number of benzene rings is 1. The van der Waals surface area contributed by atoms with Crippen LogP contribution in [0.2, 0.25) is 0 Å². The Hall–Kier alpha value is -1.84. The Morgan fingerprint density at radius 2 is 1.76 bits per heavy atom. The molecule has 1 aromatic carbocycles. The second-order valence-corrected chi connectivity index (χ2v) is 5.35. The lowest BCUT2D eigenvalue weighted by molar-refractivity contribution is -0.116. The summed E-state index contributed by atoms with van der Waals surface area (Å²) in [5.74, 6) is -0.332. The van der Waals surface area contributed by atoms with Crippen LogP contribution in [0.1, 0.15) is 69.2 Å². The molecule has 0 unspecified atom stereocenters. The minimum atomic E-state index is -0.223. The molecule has 1 aromatic rings. The van der Waals surface area contributed by atoms with E-state index in [9.17, 15) is 14.7 Å². The largest absolute Gasteiger partial charge is 0.507 e. The zero-order valence-corrected chi connectivity index (χ0v) is 12.9. The number of unbranched alkanes of at least 4 members (excludes halogenated alkanes) is 5. The number of aromatic hydroxyl groups is 1. The molecule has 4 heteroatoms. The second-order valence-electron chi connectivity index (χ2n) is 5.35. The van der Waals surface area contributed by atoms with Crippen molar-refractivity contribution in [3.63, 3.8) is 0 Å². The van der Waals surface area contributed by atoms with Crippen molar-refractivity contribution < 1.29 is 14.7 Å². The number of phenolic OH excluding ortho intramolecular Hbond substituents is 1. The van der Waals surface area contributed by atoms with Crippen molar-refractivity contribution in [2.75, 3.05) is 5.32 Å². The van der Waals surface area contributed by atoms with E-state index in [-0.39, 0.29) is 23.0 Å². The highest BCUT2D eigenvalue weighted by molar-refractivity contribution is 5.99. The maximum atomic E-state index is 11.8. The third-order valence-corrected chi connectivity index (χ3v) is 3.42. The molecule has 0 heterocycles. The van der Waals surface area contributed by atoms with Crippen LogP contribution in [0.25, 0.3) is 0 Å². The highest BCUT2D eigenvalue weighted by Crippen LogP contribution is 2.22. The zero-order valence-electron chi connectivity index (χ0n) is 12.9. The maximum Gasteiger partial charge on any atom is 0.224 e. The molecule has 0 aliphatic carbocycles. The van der Waals surface area contributed by atoms with Crippen molar-refractivity contribution >= 4 is 17.4 Å². The number of carbonyl (C=O) groups is 2. The summed E-state index contributed by atoms with van der Waals surface area (Å²) in [5.41, 5.74) is 0.779. The molecule has 0 radical (unpaired) electrons. The van der Waals surface area contributed by atoms with E-state index < -0.39 is 0 Å². The van der Waals surface area contributed by atoms with E-state index >= 15 is 0 Å². The van der Waals surface area contributed by atoms with E-state index in [2.05, 4.69) is 12.2 Å². The van der Waals surface area contributed by atoms with Crippen LogP contribution in [-0.4, -0.2) is 16.8 Å². The van der Waals surface area contributed by atoms with Crippen molar-refractivity contribution in [3.8, 4) is 5.75 Å². The molecule has 0 bridgehead atoms. The van der Waals surface area contributed by atoms with Crippen LogP contribution in [0.5, 0.6) is 5.75 Å². The molecule has 0 aliphatic heterocycles. The standard InChI is InChI=1S/C17H25NO3/c1-3-4-5-6-7-8-9-17(21)18-14-10-11-16(20)15(12-14)13(2)19/h10-12,20H,3-9H2,1-2H3,(H,18,21). The average Bonchev–Trinajstić information content (AvgIpc) is 2.44. The van der Waals surface area contributed by atoms with Gasteiger partial charge in [0.05, 0.1) is 5.56 Å². The summed E-state index contributed by atoms with van der Waals surface area (Å²) < 4.78 is 0. The minimum Gasteiger partial charge on any atom is -0.507 e. The number of nitrogens with one attached hydrogen (secondary N) is 1. The summed E-state index contributed by atoms with van der Waals surface area (Å²) in [4.78, 5) is 23.1. The monoisotopic (exact) mass is 291 g/mol. The van der Waals surface area contributed by atoms with Gasteiger partial charge in [0.15, 0.2) is 5.78 Å². The molecular weight excluding hydrogens is 266 g/mol. The van der Waals surface area contributed by atoms with Gasteiger partial charge in [-0.3, -0.25) is 9.59 Å². The van der Waals surface area contributed by atoms with Crippen LogP contribution in [-0.2, 0) is 4.79 Å². The van der Waals surface area contributed by atoms with Crippen LogP contribution >= 0.6 is 0 Å². The normalized spacial score (nSPS) is 10.4. The molecule has 1 rings (SSSR count). The minimum absolute atomic E-state index is 0.0503. The number of ketones is 1. The fourth-order valence-electron chi connectivity index (χ4n) is 2.19. The summed E-state index contributed by atoms with van der Waals surface area (Å²) in [6.07, 6.45) is 7.33. The van der Waals surface area contributed by atoms with Crippen LogP contribution in [0.3, 0.4) is 0 Å². The number of phenols is 1. The van der Waals surface area contributed by atoms with Crippen LogP contribution in [0, 0.1) is 0 Å². The molecule has 21 heavy (non-hydrogen) atoms. The van der Waals surface area contributed by atoms with E-state index in [0.717, 1.165) is 12.8 Å². The zero-order chi connectivity index (χ0) is 15.7. The SMILES string of the molecule is CCCCCCCCC(=O)Nc1ccc(O)c(C(C)=O)c1. The van der Waals surface area contributed by atoms with E-state index in [0.29, 0.717) is 12.1 Å². The Morgan fingerprint density at radius 3 is 2.43 bits per heavy atom. The summed E-state index contributed by atoms with van der Waals surface area (Å²) in [6.45, 7) is 3.57. The summed E-state index contributed by atoms with van der Waals surface area (Å²) in [5, 5.41) is 12.3. The molecule has 0 saturated carbocycles. The van der Waals surface area contributed by atoms with Crippen LogP contribution < -0.4 is 5.32 Å². The van der Waals surface area contributed by atoms with Crippen molar-refractivity contribution in [3.05, 3.63) is 23.8 Å². The van der Waals surface area contributed by atoms with E-state index in [1.54, 1.807) is 6.07 Å².